The molecule has 0 amide bonds. The van der Waals surface area contributed by atoms with Crippen LogP contribution < -0.4 is 5.32 Å². The van der Waals surface area contributed by atoms with Crippen LogP contribution in [0.25, 0.3) is 0 Å². The van der Waals surface area contributed by atoms with E-state index >= 15 is 0 Å². The third-order valence-electron chi connectivity index (χ3n) is 3.46. The highest BCUT2D eigenvalue weighted by Crippen LogP contribution is 2.15. The maximum atomic E-state index is 5.77. The van der Waals surface area contributed by atoms with Crippen LogP contribution in [0.2, 0.25) is 0 Å². The van der Waals surface area contributed by atoms with E-state index in [1.54, 1.807) is 0 Å². The van der Waals surface area contributed by atoms with Crippen molar-refractivity contribution >= 4 is 0 Å². The Kier molecular flexibility index (Phi) is 5.73. The highest BCUT2D eigenvalue weighted by Gasteiger charge is 2.27. The lowest BCUT2D eigenvalue weighted by atomic mass is 10.1. The third kappa shape index (κ3) is 4.04. The van der Waals surface area contributed by atoms with Gasteiger partial charge in [0.15, 0.2) is 0 Å². The number of hydrogen-bond acceptors (Lipinski definition) is 3. The summed E-state index contributed by atoms with van der Waals surface area (Å²) in [6.45, 7) is 14.4. The zero-order valence-electron chi connectivity index (χ0n) is 11.5. The van der Waals surface area contributed by atoms with E-state index in [1.165, 1.54) is 6.42 Å². The molecule has 0 radical (unpaired) electrons. The average Bonchev–Trinajstić information content (AvgIpc) is 2.23. The van der Waals surface area contributed by atoms with E-state index in [0.29, 0.717) is 24.3 Å². The first kappa shape index (κ1) is 13.9. The summed E-state index contributed by atoms with van der Waals surface area (Å²) in [7, 11) is 0. The summed E-state index contributed by atoms with van der Waals surface area (Å²) in [6.07, 6.45) is 1.93. The fourth-order valence-electron chi connectivity index (χ4n) is 2.41. The van der Waals surface area contributed by atoms with Gasteiger partial charge in [-0.3, -0.25) is 4.90 Å². The highest BCUT2D eigenvalue weighted by atomic mass is 16.5. The Labute approximate surface area is 101 Å². The van der Waals surface area contributed by atoms with Gasteiger partial charge in [0.25, 0.3) is 0 Å². The molecular formula is C13H28N2O. The second kappa shape index (κ2) is 6.58. The Hall–Kier alpha value is -0.120. The fraction of sp³-hybridized carbons (Fsp3) is 1.00. The fourth-order valence-corrected chi connectivity index (χ4v) is 2.41. The van der Waals surface area contributed by atoms with Crippen molar-refractivity contribution in [2.75, 3.05) is 19.6 Å². The summed E-state index contributed by atoms with van der Waals surface area (Å²) in [5.74, 6) is 0. The molecule has 1 aliphatic heterocycles. The molecule has 3 heteroatoms. The number of nitrogens with one attached hydrogen (secondary N) is 1. The van der Waals surface area contributed by atoms with E-state index in [2.05, 4.69) is 44.8 Å². The van der Waals surface area contributed by atoms with Crippen molar-refractivity contribution in [1.82, 2.24) is 10.2 Å². The van der Waals surface area contributed by atoms with Gasteiger partial charge < -0.3 is 10.1 Å². The first-order chi connectivity index (χ1) is 7.54. The van der Waals surface area contributed by atoms with E-state index in [1.807, 2.05) is 0 Å². The molecule has 0 bridgehead atoms. The summed E-state index contributed by atoms with van der Waals surface area (Å²) in [5, 5.41) is 3.58. The van der Waals surface area contributed by atoms with E-state index in [0.717, 1.165) is 19.6 Å². The van der Waals surface area contributed by atoms with Crippen LogP contribution >= 0.6 is 0 Å². The van der Waals surface area contributed by atoms with Gasteiger partial charge in [-0.25, -0.2) is 0 Å². The van der Waals surface area contributed by atoms with E-state index in [4.69, 9.17) is 4.74 Å². The molecule has 1 saturated heterocycles. The lowest BCUT2D eigenvalue weighted by Gasteiger charge is -2.41. The predicted molar refractivity (Wildman–Crippen MR) is 68.8 cm³/mol. The van der Waals surface area contributed by atoms with Gasteiger partial charge in [-0.1, -0.05) is 6.92 Å². The molecule has 4 atom stereocenters. The van der Waals surface area contributed by atoms with Gasteiger partial charge in [-0.05, 0) is 40.7 Å². The lowest BCUT2D eigenvalue weighted by Crippen LogP contribution is -2.54. The molecule has 2 unspecified atom stereocenters. The number of hydrogen-bond donors (Lipinski definition) is 1. The first-order valence-electron chi connectivity index (χ1n) is 6.67. The normalized spacial score (nSPS) is 31.3. The summed E-state index contributed by atoms with van der Waals surface area (Å²) in [5.41, 5.74) is 0. The molecule has 0 aliphatic carbocycles. The maximum Gasteiger partial charge on any atom is 0.0678 e. The van der Waals surface area contributed by atoms with Crippen molar-refractivity contribution in [3.05, 3.63) is 0 Å². The van der Waals surface area contributed by atoms with Gasteiger partial charge in [-0.2, -0.15) is 0 Å². The van der Waals surface area contributed by atoms with Crippen molar-refractivity contribution in [3.8, 4) is 0 Å². The van der Waals surface area contributed by atoms with Crippen molar-refractivity contribution < 1.29 is 4.74 Å². The topological polar surface area (TPSA) is 24.5 Å². The van der Waals surface area contributed by atoms with E-state index in [-0.39, 0.29) is 0 Å². The van der Waals surface area contributed by atoms with Crippen LogP contribution in [0.3, 0.4) is 0 Å². The monoisotopic (exact) mass is 228 g/mol. The largest absolute Gasteiger partial charge is 0.373 e. The van der Waals surface area contributed by atoms with Crippen LogP contribution in [-0.2, 0) is 4.74 Å². The molecule has 1 fully saturated rings. The molecule has 0 aromatic carbocycles. The Morgan fingerprint density at radius 2 is 1.81 bits per heavy atom. The number of rotatable bonds is 5. The maximum absolute atomic E-state index is 5.77. The second-order valence-electron chi connectivity index (χ2n) is 5.19. The summed E-state index contributed by atoms with van der Waals surface area (Å²) < 4.78 is 5.77. The molecule has 1 aliphatic rings. The van der Waals surface area contributed by atoms with Gasteiger partial charge in [0.05, 0.1) is 12.2 Å². The summed E-state index contributed by atoms with van der Waals surface area (Å²) in [4.78, 5) is 2.55. The van der Waals surface area contributed by atoms with Gasteiger partial charge in [0.1, 0.15) is 0 Å². The minimum atomic E-state index is 0.365. The number of ether oxygens (including phenoxy) is 1. The van der Waals surface area contributed by atoms with Gasteiger partial charge in [0, 0.05) is 25.2 Å². The quantitative estimate of drug-likeness (QED) is 0.777. The molecule has 0 saturated carbocycles. The number of morpholine rings is 1. The Bertz CT molecular complexity index is 188. The highest BCUT2D eigenvalue weighted by molar-refractivity contribution is 4.83. The van der Waals surface area contributed by atoms with Gasteiger partial charge in [0.2, 0.25) is 0 Å². The first-order valence-corrected chi connectivity index (χ1v) is 6.67. The van der Waals surface area contributed by atoms with Crippen LogP contribution in [0.1, 0.15) is 41.0 Å². The van der Waals surface area contributed by atoms with Crippen LogP contribution in [0.5, 0.6) is 0 Å². The Morgan fingerprint density at radius 3 is 2.31 bits per heavy atom. The SMILES string of the molecule is CCCNC(C)C(C)N1C[C@@H](C)O[C@@H](C)C1. The third-order valence-corrected chi connectivity index (χ3v) is 3.46. The molecule has 0 spiro atoms. The van der Waals surface area contributed by atoms with E-state index < -0.39 is 0 Å². The zero-order valence-corrected chi connectivity index (χ0v) is 11.5. The van der Waals surface area contributed by atoms with Crippen molar-refractivity contribution in [3.63, 3.8) is 0 Å². The summed E-state index contributed by atoms with van der Waals surface area (Å²) in [6, 6.07) is 1.14. The van der Waals surface area contributed by atoms with Crippen LogP contribution in [-0.4, -0.2) is 48.8 Å². The van der Waals surface area contributed by atoms with Crippen LogP contribution in [0, 0.1) is 0 Å². The van der Waals surface area contributed by atoms with Crippen LogP contribution in [0.4, 0.5) is 0 Å². The van der Waals surface area contributed by atoms with Crippen molar-refractivity contribution in [2.45, 2.75) is 65.3 Å². The Morgan fingerprint density at radius 1 is 1.25 bits per heavy atom. The van der Waals surface area contributed by atoms with Gasteiger partial charge >= 0.3 is 0 Å². The molecule has 0 aromatic rings. The molecule has 96 valence electrons. The smallest absolute Gasteiger partial charge is 0.0678 e. The van der Waals surface area contributed by atoms with Crippen molar-refractivity contribution in [2.24, 2.45) is 0 Å². The predicted octanol–water partition coefficient (Wildman–Crippen LogP) is 1.87. The average molecular weight is 228 g/mol. The molecule has 1 rings (SSSR count). The summed E-state index contributed by atoms with van der Waals surface area (Å²) >= 11 is 0. The van der Waals surface area contributed by atoms with Gasteiger partial charge in [-0.15, -0.1) is 0 Å². The molecule has 16 heavy (non-hydrogen) atoms. The molecule has 1 N–H and O–H groups in total. The molecule has 3 nitrogen and oxygen atoms in total. The van der Waals surface area contributed by atoms with Crippen LogP contribution in [0.15, 0.2) is 0 Å². The molecule has 0 aromatic heterocycles. The second-order valence-corrected chi connectivity index (χ2v) is 5.19. The standard InChI is InChI=1S/C13H28N2O/c1-6-7-14-12(4)13(5)15-8-10(2)16-11(3)9-15/h10-14H,6-9H2,1-5H3/t10-,11+,12?,13?. The molecular weight excluding hydrogens is 200 g/mol. The molecule has 1 heterocycles. The van der Waals surface area contributed by atoms with Crippen molar-refractivity contribution in [1.29, 1.82) is 0 Å². The minimum Gasteiger partial charge on any atom is -0.373 e. The minimum absolute atomic E-state index is 0.365. The van der Waals surface area contributed by atoms with E-state index in [9.17, 15) is 0 Å². The zero-order chi connectivity index (χ0) is 12.1. The lowest BCUT2D eigenvalue weighted by molar-refractivity contribution is -0.0813. The number of nitrogens with zero attached hydrogens (tertiary/aromatic N) is 1. The Balaban J connectivity index is 2.42.